The lowest BCUT2D eigenvalue weighted by molar-refractivity contribution is -0.138. The topological polar surface area (TPSA) is 64.6 Å². The first-order valence-corrected chi connectivity index (χ1v) is 14.6. The molecule has 0 bridgehead atoms. The van der Waals surface area contributed by atoms with Gasteiger partial charge in [-0.15, -0.1) is 0 Å². The van der Waals surface area contributed by atoms with Crippen molar-refractivity contribution in [2.45, 2.75) is 26.4 Å². The van der Waals surface area contributed by atoms with Crippen LogP contribution >= 0.6 is 61.1 Å². The van der Waals surface area contributed by atoms with E-state index < -0.39 is 11.9 Å². The zero-order chi connectivity index (χ0) is 26.3. The molecule has 0 radical (unpaired) electrons. The number of carbonyl (C=O) groups is 2. The van der Waals surface area contributed by atoms with Gasteiger partial charge in [-0.05, 0) is 94.4 Å². The van der Waals surface area contributed by atoms with Crippen LogP contribution < -0.4 is 10.1 Å². The third-order valence-electron chi connectivity index (χ3n) is 6.39. The highest BCUT2D eigenvalue weighted by molar-refractivity contribution is 14.1. The van der Waals surface area contributed by atoms with Crippen molar-refractivity contribution in [3.63, 3.8) is 0 Å². The minimum absolute atomic E-state index is 0.0713. The zero-order valence-electron chi connectivity index (χ0n) is 20.0. The van der Waals surface area contributed by atoms with Gasteiger partial charge >= 0.3 is 5.97 Å². The van der Waals surface area contributed by atoms with Crippen LogP contribution in [-0.4, -0.2) is 18.4 Å². The molecule has 3 aromatic rings. The first-order chi connectivity index (χ1) is 17.8. The maximum Gasteiger partial charge on any atom is 0.336 e. The number of esters is 1. The largest absolute Gasteiger partial charge is 0.487 e. The van der Waals surface area contributed by atoms with Gasteiger partial charge in [-0.25, -0.2) is 4.79 Å². The quantitative estimate of drug-likeness (QED) is 0.209. The minimum atomic E-state index is -0.558. The maximum absolute atomic E-state index is 13.7. The Hall–Kier alpha value is -2.18. The Balaban J connectivity index is 1.57. The summed E-state index contributed by atoms with van der Waals surface area (Å²) < 4.78 is 14.5. The second-order valence-electron chi connectivity index (χ2n) is 8.71. The average Bonchev–Trinajstić information content (AvgIpc) is 3.15. The summed E-state index contributed by atoms with van der Waals surface area (Å²) in [5, 5.41) is 3.34. The summed E-state index contributed by atoms with van der Waals surface area (Å²) in [6.07, 6.45) is 0. The van der Waals surface area contributed by atoms with Crippen LogP contribution in [0.5, 0.6) is 5.75 Å². The highest BCUT2D eigenvalue weighted by Crippen LogP contribution is 2.48. The third-order valence-corrected chi connectivity index (χ3v) is 8.53. The first-order valence-electron chi connectivity index (χ1n) is 11.7. The molecule has 1 N–H and O–H groups in total. The van der Waals surface area contributed by atoms with Crippen LogP contribution in [0, 0.1) is 7.14 Å². The number of dihydropyridines is 1. The Morgan fingerprint density at radius 1 is 1.03 bits per heavy atom. The van der Waals surface area contributed by atoms with Crippen molar-refractivity contribution in [3.05, 3.63) is 111 Å². The molecule has 5 nitrogen and oxygen atoms in total. The smallest absolute Gasteiger partial charge is 0.336 e. The Bertz CT molecular complexity index is 1470. The van der Waals surface area contributed by atoms with Crippen molar-refractivity contribution in [2.24, 2.45) is 0 Å². The molecule has 0 saturated carbocycles. The molecule has 0 spiro atoms. The van der Waals surface area contributed by atoms with Gasteiger partial charge in [0.2, 0.25) is 0 Å². The van der Waals surface area contributed by atoms with Crippen LogP contribution in [-0.2, 0) is 16.1 Å². The Kier molecular flexibility index (Phi) is 7.78. The lowest BCUT2D eigenvalue weighted by Gasteiger charge is -2.29. The number of Topliss-reactive ketones (excluding diaryl/α,β-unsaturated/α-hetero) is 1. The number of halogens is 3. The molecular weight excluding hydrogens is 760 g/mol. The van der Waals surface area contributed by atoms with Crippen molar-refractivity contribution in [3.8, 4) is 5.75 Å². The molecule has 0 saturated heterocycles. The lowest BCUT2D eigenvalue weighted by Crippen LogP contribution is -2.29. The van der Waals surface area contributed by atoms with Gasteiger partial charge in [0.15, 0.2) is 5.78 Å². The van der Waals surface area contributed by atoms with Crippen molar-refractivity contribution in [1.82, 2.24) is 5.32 Å². The van der Waals surface area contributed by atoms with E-state index in [1.165, 1.54) is 0 Å². The van der Waals surface area contributed by atoms with E-state index in [4.69, 9.17) is 9.47 Å². The van der Waals surface area contributed by atoms with Crippen LogP contribution in [0.4, 0.5) is 0 Å². The normalized spacial score (nSPS) is 16.4. The lowest BCUT2D eigenvalue weighted by atomic mass is 9.80. The number of hydrogen-bond acceptors (Lipinski definition) is 5. The van der Waals surface area contributed by atoms with Crippen molar-refractivity contribution < 1.29 is 19.1 Å². The fourth-order valence-corrected chi connectivity index (χ4v) is 7.15. The first kappa shape index (κ1) is 26.4. The second-order valence-corrected chi connectivity index (χ2v) is 11.9. The number of nitrogens with one attached hydrogen (secondary N) is 1. The number of benzene rings is 3. The summed E-state index contributed by atoms with van der Waals surface area (Å²) in [6, 6.07) is 19.6. The van der Waals surface area contributed by atoms with Crippen LogP contribution in [0.25, 0.3) is 5.70 Å². The third kappa shape index (κ3) is 4.99. The molecule has 1 aliphatic heterocycles. The van der Waals surface area contributed by atoms with Crippen molar-refractivity contribution in [1.29, 1.82) is 0 Å². The summed E-state index contributed by atoms with van der Waals surface area (Å²) in [4.78, 5) is 26.9. The van der Waals surface area contributed by atoms with Gasteiger partial charge in [0.25, 0.3) is 0 Å². The van der Waals surface area contributed by atoms with Gasteiger partial charge in [0, 0.05) is 32.8 Å². The number of carbonyl (C=O) groups excluding carboxylic acids is 2. The minimum Gasteiger partial charge on any atom is -0.487 e. The molecular formula is C29H22BrI2NO4. The number of ether oxygens (including phenoxy) is 2. The van der Waals surface area contributed by atoms with Crippen LogP contribution in [0.1, 0.15) is 46.8 Å². The van der Waals surface area contributed by atoms with Gasteiger partial charge in [0.05, 0.1) is 25.0 Å². The van der Waals surface area contributed by atoms with Crippen molar-refractivity contribution >= 4 is 78.6 Å². The molecule has 1 atom stereocenters. The Labute approximate surface area is 251 Å². The van der Waals surface area contributed by atoms with E-state index in [1.54, 1.807) is 6.92 Å². The SMILES string of the molecule is CCOC(=O)C1=C(C)NC2=C(C(=O)c3ccccc32)[C@H]1c1cc(I)c(OCc2ccc(Br)cc2)c(I)c1. The predicted molar refractivity (Wildman–Crippen MR) is 163 cm³/mol. The molecule has 0 unspecified atom stereocenters. The predicted octanol–water partition coefficient (Wildman–Crippen LogP) is 7.37. The van der Waals surface area contributed by atoms with E-state index in [0.717, 1.165) is 39.7 Å². The fourth-order valence-electron chi connectivity index (χ4n) is 4.76. The maximum atomic E-state index is 13.7. The highest BCUT2D eigenvalue weighted by Gasteiger charge is 2.43. The standard InChI is InChI=1S/C29H22BrI2NO4/c1-3-36-29(35)23-15(2)33-26-19-6-4-5-7-20(19)27(34)25(26)24(23)17-12-21(31)28(22(32)13-17)37-14-16-8-10-18(30)11-9-16/h4-13,24,33H,3,14H2,1-2H3/t24-/m0/s1. The summed E-state index contributed by atoms with van der Waals surface area (Å²) >= 11 is 7.98. The Morgan fingerprint density at radius 2 is 1.68 bits per heavy atom. The molecule has 2 aliphatic rings. The molecule has 188 valence electrons. The number of allylic oxidation sites excluding steroid dienone is 2. The van der Waals surface area contributed by atoms with Gasteiger partial charge in [-0.1, -0.05) is 52.3 Å². The van der Waals surface area contributed by atoms with Gasteiger partial charge in [0.1, 0.15) is 12.4 Å². The fraction of sp³-hybridized carbons (Fsp3) is 0.172. The number of ketones is 1. The number of hydrogen-bond donors (Lipinski definition) is 1. The van der Waals surface area contributed by atoms with Gasteiger partial charge in [-0.3, -0.25) is 4.79 Å². The monoisotopic (exact) mass is 781 g/mol. The van der Waals surface area contributed by atoms with Gasteiger partial charge < -0.3 is 14.8 Å². The van der Waals surface area contributed by atoms with E-state index in [9.17, 15) is 9.59 Å². The Morgan fingerprint density at radius 3 is 2.32 bits per heavy atom. The number of fused-ring (bicyclic) bond motifs is 2. The average molecular weight is 782 g/mol. The summed E-state index contributed by atoms with van der Waals surface area (Å²) in [7, 11) is 0. The van der Waals surface area contributed by atoms with E-state index in [-0.39, 0.29) is 12.4 Å². The number of rotatable bonds is 6. The van der Waals surface area contributed by atoms with Crippen LogP contribution in [0.15, 0.2) is 82.0 Å². The van der Waals surface area contributed by atoms with E-state index in [2.05, 4.69) is 66.4 Å². The van der Waals surface area contributed by atoms with E-state index >= 15 is 0 Å². The summed E-state index contributed by atoms with van der Waals surface area (Å²) in [5.74, 6) is -0.278. The molecule has 0 aromatic heterocycles. The van der Waals surface area contributed by atoms with Crippen LogP contribution in [0.3, 0.4) is 0 Å². The summed E-state index contributed by atoms with van der Waals surface area (Å²) in [5.41, 5.74) is 5.88. The highest BCUT2D eigenvalue weighted by atomic mass is 127. The second kappa shape index (κ2) is 10.9. The summed E-state index contributed by atoms with van der Waals surface area (Å²) in [6.45, 7) is 4.33. The van der Waals surface area contributed by atoms with Gasteiger partial charge in [-0.2, -0.15) is 0 Å². The van der Waals surface area contributed by atoms with Crippen molar-refractivity contribution in [2.75, 3.05) is 6.61 Å². The molecule has 5 rings (SSSR count). The zero-order valence-corrected chi connectivity index (χ0v) is 25.9. The molecule has 0 fully saturated rings. The van der Waals surface area contributed by atoms with Crippen LogP contribution in [0.2, 0.25) is 0 Å². The molecule has 37 heavy (non-hydrogen) atoms. The van der Waals surface area contributed by atoms with E-state index in [0.29, 0.717) is 29.0 Å². The van der Waals surface area contributed by atoms with E-state index in [1.807, 2.05) is 67.6 Å². The molecule has 3 aromatic carbocycles. The molecule has 8 heteroatoms. The molecule has 1 heterocycles. The molecule has 1 aliphatic carbocycles. The molecule has 0 amide bonds.